The Morgan fingerprint density at radius 2 is 2.10 bits per heavy atom. The third-order valence-electron chi connectivity index (χ3n) is 5.76. The van der Waals surface area contributed by atoms with Gasteiger partial charge >= 0.3 is 0 Å². The minimum absolute atomic E-state index is 0.0132. The molecule has 0 fully saturated rings. The molecule has 7 nitrogen and oxygen atoms in total. The lowest BCUT2D eigenvalue weighted by atomic mass is 10.0. The summed E-state index contributed by atoms with van der Waals surface area (Å²) in [7, 11) is 1.68. The molecule has 2 aliphatic rings. The average molecular weight is 401 g/mol. The summed E-state index contributed by atoms with van der Waals surface area (Å²) in [5.74, 6) is 2.27. The van der Waals surface area contributed by atoms with E-state index in [4.69, 9.17) is 14.8 Å². The van der Waals surface area contributed by atoms with Gasteiger partial charge in [-0.2, -0.15) is 0 Å². The molecule has 152 valence electrons. The van der Waals surface area contributed by atoms with Crippen molar-refractivity contribution in [3.63, 3.8) is 0 Å². The van der Waals surface area contributed by atoms with Gasteiger partial charge in [0.05, 0.1) is 25.9 Å². The van der Waals surface area contributed by atoms with Crippen LogP contribution in [0.5, 0.6) is 0 Å². The zero-order valence-corrected chi connectivity index (χ0v) is 17.0. The summed E-state index contributed by atoms with van der Waals surface area (Å²) in [6.07, 6.45) is 9.07. The zero-order valence-electron chi connectivity index (χ0n) is 17.0. The van der Waals surface area contributed by atoms with Crippen LogP contribution in [0, 0.1) is 6.92 Å². The van der Waals surface area contributed by atoms with E-state index in [0.717, 1.165) is 23.5 Å². The van der Waals surface area contributed by atoms with Crippen molar-refractivity contribution in [3.05, 3.63) is 81.5 Å². The van der Waals surface area contributed by atoms with Gasteiger partial charge in [-0.25, -0.2) is 9.67 Å². The Hall–Kier alpha value is -3.45. The van der Waals surface area contributed by atoms with E-state index in [2.05, 4.69) is 22.5 Å². The van der Waals surface area contributed by atoms with Gasteiger partial charge in [-0.15, -0.1) is 5.10 Å². The number of nitrogens with zero attached hydrogens (tertiary/aromatic N) is 3. The third-order valence-corrected chi connectivity index (χ3v) is 5.76. The summed E-state index contributed by atoms with van der Waals surface area (Å²) in [6, 6.07) is 7.69. The van der Waals surface area contributed by atoms with Crippen molar-refractivity contribution < 1.29 is 4.74 Å². The summed E-state index contributed by atoms with van der Waals surface area (Å²) >= 11 is 0. The quantitative estimate of drug-likeness (QED) is 0.705. The normalized spacial score (nSPS) is 18.5. The predicted octanol–water partition coefficient (Wildman–Crippen LogP) is 2.98. The van der Waals surface area contributed by atoms with Crippen molar-refractivity contribution in [2.75, 3.05) is 7.11 Å². The van der Waals surface area contributed by atoms with Crippen LogP contribution in [-0.4, -0.2) is 32.9 Å². The number of aromatic amines is 1. The molecule has 30 heavy (non-hydrogen) atoms. The standard InChI is InChI=1S/C23H23N5O2/c1-14-21(25-18-9-4-3-8-17(18)22(14)29)23-26-20-12-24-19(13-28(20)27-23)15-6-5-7-16(30-2)11-10-15/h3-5,7-11,19,24H,6,12-13H2,1-2H3,(H,25,29). The molecular weight excluding hydrogens is 378 g/mol. The molecule has 3 aromatic rings. The van der Waals surface area contributed by atoms with Crippen LogP contribution in [0.25, 0.3) is 22.4 Å². The zero-order chi connectivity index (χ0) is 20.7. The molecular formula is C23H23N5O2. The minimum Gasteiger partial charge on any atom is -0.497 e. The van der Waals surface area contributed by atoms with Crippen LogP contribution in [-0.2, 0) is 17.8 Å². The van der Waals surface area contributed by atoms with Crippen LogP contribution >= 0.6 is 0 Å². The van der Waals surface area contributed by atoms with Gasteiger partial charge in [0.15, 0.2) is 11.3 Å². The molecule has 0 amide bonds. The fourth-order valence-corrected chi connectivity index (χ4v) is 4.03. The topological polar surface area (TPSA) is 84.8 Å². The molecule has 1 unspecified atom stereocenters. The summed E-state index contributed by atoms with van der Waals surface area (Å²) in [5.41, 5.74) is 3.40. The molecule has 7 heteroatoms. The summed E-state index contributed by atoms with van der Waals surface area (Å²) in [4.78, 5) is 20.8. The Balaban J connectivity index is 1.48. The lowest BCUT2D eigenvalue weighted by Gasteiger charge is -2.25. The van der Waals surface area contributed by atoms with Crippen LogP contribution in [0.3, 0.4) is 0 Å². The van der Waals surface area contributed by atoms with E-state index in [0.29, 0.717) is 35.6 Å². The summed E-state index contributed by atoms with van der Waals surface area (Å²) < 4.78 is 7.26. The number of methoxy groups -OCH3 is 1. The molecule has 1 atom stereocenters. The first-order chi connectivity index (χ1) is 14.6. The molecule has 1 aliphatic carbocycles. The van der Waals surface area contributed by atoms with Crippen molar-refractivity contribution >= 4 is 10.9 Å². The van der Waals surface area contributed by atoms with E-state index >= 15 is 0 Å². The van der Waals surface area contributed by atoms with Crippen molar-refractivity contribution in [1.82, 2.24) is 25.1 Å². The van der Waals surface area contributed by atoms with Gasteiger partial charge in [0.2, 0.25) is 0 Å². The van der Waals surface area contributed by atoms with E-state index < -0.39 is 0 Å². The number of fused-ring (bicyclic) bond motifs is 2. The van der Waals surface area contributed by atoms with Crippen molar-refractivity contribution in [2.24, 2.45) is 0 Å². The molecule has 3 heterocycles. The Kier molecular flexibility index (Phi) is 4.59. The number of para-hydroxylation sites is 1. The second-order valence-electron chi connectivity index (χ2n) is 7.59. The van der Waals surface area contributed by atoms with Crippen LogP contribution in [0.4, 0.5) is 0 Å². The van der Waals surface area contributed by atoms with Crippen molar-refractivity contribution in [3.8, 4) is 11.5 Å². The number of hydrogen-bond donors (Lipinski definition) is 2. The van der Waals surface area contributed by atoms with Gasteiger partial charge in [-0.1, -0.05) is 24.3 Å². The number of nitrogens with one attached hydrogen (secondary N) is 2. The van der Waals surface area contributed by atoms with Crippen LogP contribution in [0.2, 0.25) is 0 Å². The summed E-state index contributed by atoms with van der Waals surface area (Å²) in [5, 5.41) is 8.98. The fraction of sp³-hybridized carbons (Fsp3) is 0.261. The number of ether oxygens (including phenoxy) is 1. The SMILES string of the molecule is COC1=CC=C(C2Cn3nc(-c4[nH]c5ccccc5c(=O)c4C)nc3CN2)CC=C1. The molecule has 2 N–H and O–H groups in total. The lowest BCUT2D eigenvalue weighted by molar-refractivity contribution is 0.307. The third kappa shape index (κ3) is 3.17. The lowest BCUT2D eigenvalue weighted by Crippen LogP contribution is -2.40. The molecule has 0 radical (unpaired) electrons. The number of H-pyrrole nitrogens is 1. The number of benzene rings is 1. The monoisotopic (exact) mass is 401 g/mol. The number of allylic oxidation sites excluding steroid dienone is 4. The smallest absolute Gasteiger partial charge is 0.198 e. The van der Waals surface area contributed by atoms with Gasteiger partial charge in [-0.3, -0.25) is 4.79 Å². The highest BCUT2D eigenvalue weighted by Crippen LogP contribution is 2.23. The Labute approximate surface area is 173 Å². The minimum atomic E-state index is 0.0132. The van der Waals surface area contributed by atoms with Gasteiger partial charge in [0, 0.05) is 22.5 Å². The van der Waals surface area contributed by atoms with Crippen molar-refractivity contribution in [2.45, 2.75) is 32.5 Å². The van der Waals surface area contributed by atoms with Crippen molar-refractivity contribution in [1.29, 1.82) is 0 Å². The molecule has 0 saturated carbocycles. The van der Waals surface area contributed by atoms with Gasteiger partial charge in [0.25, 0.3) is 0 Å². The maximum absolute atomic E-state index is 12.8. The second-order valence-corrected chi connectivity index (χ2v) is 7.59. The van der Waals surface area contributed by atoms with E-state index in [1.165, 1.54) is 5.57 Å². The molecule has 1 aromatic carbocycles. The molecule has 1 aliphatic heterocycles. The highest BCUT2D eigenvalue weighted by atomic mass is 16.5. The maximum atomic E-state index is 12.8. The molecule has 0 spiro atoms. The van der Waals surface area contributed by atoms with Crippen LogP contribution in [0.1, 0.15) is 17.8 Å². The molecule has 0 bridgehead atoms. The Bertz CT molecular complexity index is 1280. The van der Waals surface area contributed by atoms with E-state index in [1.807, 2.05) is 48.0 Å². The average Bonchev–Trinajstić information content (AvgIpc) is 3.04. The van der Waals surface area contributed by atoms with Gasteiger partial charge in [0.1, 0.15) is 11.6 Å². The number of aromatic nitrogens is 4. The predicted molar refractivity (Wildman–Crippen MR) is 116 cm³/mol. The van der Waals surface area contributed by atoms with E-state index in [-0.39, 0.29) is 11.5 Å². The highest BCUT2D eigenvalue weighted by molar-refractivity contribution is 5.82. The second kappa shape index (κ2) is 7.42. The molecule has 2 aromatic heterocycles. The summed E-state index contributed by atoms with van der Waals surface area (Å²) in [6.45, 7) is 3.13. The molecule has 0 saturated heterocycles. The van der Waals surface area contributed by atoms with Gasteiger partial charge in [-0.05, 0) is 43.2 Å². The Morgan fingerprint density at radius 3 is 2.97 bits per heavy atom. The van der Waals surface area contributed by atoms with Gasteiger partial charge < -0.3 is 15.0 Å². The largest absolute Gasteiger partial charge is 0.497 e. The number of pyridine rings is 1. The van der Waals surface area contributed by atoms with E-state index in [9.17, 15) is 4.79 Å². The maximum Gasteiger partial charge on any atom is 0.198 e. The first-order valence-electron chi connectivity index (χ1n) is 10.0. The highest BCUT2D eigenvalue weighted by Gasteiger charge is 2.25. The van der Waals surface area contributed by atoms with Crippen LogP contribution in [0.15, 0.2) is 64.7 Å². The fourth-order valence-electron chi connectivity index (χ4n) is 4.03. The first kappa shape index (κ1) is 18.6. The first-order valence-corrected chi connectivity index (χ1v) is 10.0. The number of rotatable bonds is 3. The van der Waals surface area contributed by atoms with Crippen LogP contribution < -0.4 is 10.7 Å². The molecule has 5 rings (SSSR count). The number of hydrogen-bond acceptors (Lipinski definition) is 5. The Morgan fingerprint density at radius 1 is 1.23 bits per heavy atom. The van der Waals surface area contributed by atoms with E-state index in [1.54, 1.807) is 7.11 Å².